The molecule has 0 spiro atoms. The summed E-state index contributed by atoms with van der Waals surface area (Å²) in [5.41, 5.74) is 1.81. The maximum Gasteiger partial charge on any atom is 0.524 e. The molecule has 27 heavy (non-hydrogen) atoms. The van der Waals surface area contributed by atoms with Crippen LogP contribution in [0.15, 0.2) is 48.5 Å². The second kappa shape index (κ2) is 4.79. The lowest BCUT2D eigenvalue weighted by Crippen LogP contribution is -2.48. The SMILES string of the molecule is CC1(C)[N+](=O)C(n2c3ccccc3n3c4ccccc4nc23)[N+](=O)C1(C)C. The Balaban J connectivity index is 1.93. The van der Waals surface area contributed by atoms with Gasteiger partial charge in [0.05, 0.1) is 22.1 Å². The maximum atomic E-state index is 13.3. The molecule has 2 aromatic heterocycles. The van der Waals surface area contributed by atoms with Crippen LogP contribution in [0.3, 0.4) is 0 Å². The van der Waals surface area contributed by atoms with Crippen molar-refractivity contribution in [3.63, 3.8) is 0 Å². The Morgan fingerprint density at radius 3 is 1.96 bits per heavy atom. The number of aromatic nitrogens is 3. The fraction of sp³-hybridized carbons (Fsp3) is 0.350. The van der Waals surface area contributed by atoms with Crippen molar-refractivity contribution in [3.8, 4) is 0 Å². The second-order valence-corrected chi connectivity index (χ2v) is 8.21. The van der Waals surface area contributed by atoms with Crippen LogP contribution in [0, 0.1) is 9.81 Å². The normalized spacial score (nSPS) is 19.7. The lowest BCUT2D eigenvalue weighted by molar-refractivity contribution is -0.782. The van der Waals surface area contributed by atoms with E-state index in [1.807, 2.05) is 80.6 Å². The molecule has 2 aromatic carbocycles. The van der Waals surface area contributed by atoms with Crippen molar-refractivity contribution in [2.45, 2.75) is 45.1 Å². The Morgan fingerprint density at radius 2 is 1.33 bits per heavy atom. The van der Waals surface area contributed by atoms with Crippen molar-refractivity contribution in [3.05, 3.63) is 58.3 Å². The Labute approximate surface area is 155 Å². The zero-order valence-corrected chi connectivity index (χ0v) is 15.7. The van der Waals surface area contributed by atoms with Crippen LogP contribution >= 0.6 is 0 Å². The van der Waals surface area contributed by atoms with Crippen LogP contribution in [0.25, 0.3) is 27.8 Å². The number of imidazole rings is 2. The average Bonchev–Trinajstić information content (AvgIpc) is 3.20. The third kappa shape index (κ3) is 1.74. The predicted octanol–water partition coefficient (Wildman–Crippen LogP) is 4.03. The second-order valence-electron chi connectivity index (χ2n) is 8.21. The van der Waals surface area contributed by atoms with Gasteiger partial charge in [-0.15, -0.1) is 0 Å². The first kappa shape index (κ1) is 16.1. The number of benzene rings is 2. The molecule has 5 rings (SSSR count). The highest BCUT2D eigenvalue weighted by Crippen LogP contribution is 2.43. The van der Waals surface area contributed by atoms with Gasteiger partial charge in [0.2, 0.25) is 5.78 Å². The quantitative estimate of drug-likeness (QED) is 0.480. The number of hydrogen-bond acceptors (Lipinski definition) is 3. The number of rotatable bonds is 1. The molecule has 0 aliphatic carbocycles. The molecule has 1 fully saturated rings. The van der Waals surface area contributed by atoms with Crippen LogP contribution < -0.4 is 0 Å². The number of nitroso groups, excluding NO2 is 2. The van der Waals surface area contributed by atoms with Gasteiger partial charge in [0, 0.05) is 37.5 Å². The molecule has 0 N–H and O–H groups in total. The summed E-state index contributed by atoms with van der Waals surface area (Å²) in [4.78, 5) is 31.3. The monoisotopic (exact) mass is 363 g/mol. The van der Waals surface area contributed by atoms with Gasteiger partial charge in [-0.3, -0.25) is 4.40 Å². The van der Waals surface area contributed by atoms with E-state index in [-0.39, 0.29) is 0 Å². The highest BCUT2D eigenvalue weighted by molar-refractivity contribution is 5.90. The van der Waals surface area contributed by atoms with Crippen LogP contribution in [0.4, 0.5) is 0 Å². The van der Waals surface area contributed by atoms with Gasteiger partial charge < -0.3 is 0 Å². The third-order valence-electron chi connectivity index (χ3n) is 6.39. The van der Waals surface area contributed by atoms with E-state index < -0.39 is 17.4 Å². The van der Waals surface area contributed by atoms with Gasteiger partial charge in [0.1, 0.15) is 9.52 Å². The molecule has 136 valence electrons. The number of nitrogens with zero attached hydrogens (tertiary/aromatic N) is 5. The van der Waals surface area contributed by atoms with Crippen molar-refractivity contribution in [1.29, 1.82) is 0 Å². The molecule has 7 heteroatoms. The molecular weight excluding hydrogens is 342 g/mol. The van der Waals surface area contributed by atoms with E-state index in [4.69, 9.17) is 4.98 Å². The summed E-state index contributed by atoms with van der Waals surface area (Å²) in [5, 5.41) is 0. The van der Waals surface area contributed by atoms with E-state index in [2.05, 4.69) is 0 Å². The topological polar surface area (TPSA) is 62.4 Å². The van der Waals surface area contributed by atoms with Crippen LogP contribution in [0.5, 0.6) is 0 Å². The molecule has 0 atom stereocenters. The van der Waals surface area contributed by atoms with Gasteiger partial charge in [-0.25, -0.2) is 4.98 Å². The smallest absolute Gasteiger partial charge is 0.276 e. The first-order valence-corrected chi connectivity index (χ1v) is 9.06. The summed E-state index contributed by atoms with van der Waals surface area (Å²) < 4.78 is 5.61. The largest absolute Gasteiger partial charge is 0.524 e. The van der Waals surface area contributed by atoms with Gasteiger partial charge in [-0.1, -0.05) is 24.3 Å². The fourth-order valence-corrected chi connectivity index (χ4v) is 4.03. The van der Waals surface area contributed by atoms with Crippen LogP contribution in [0.1, 0.15) is 34.0 Å². The van der Waals surface area contributed by atoms with Crippen LogP contribution in [-0.4, -0.2) is 34.5 Å². The summed E-state index contributed by atoms with van der Waals surface area (Å²) in [7, 11) is 0. The van der Waals surface area contributed by atoms with Gasteiger partial charge in [-0.05, 0) is 24.3 Å². The number of hydrogen-bond donors (Lipinski definition) is 0. The minimum absolute atomic E-state index is 0.595. The highest BCUT2D eigenvalue weighted by atomic mass is 16.3. The van der Waals surface area contributed by atoms with Gasteiger partial charge in [0.15, 0.2) is 0 Å². The van der Waals surface area contributed by atoms with E-state index in [0.29, 0.717) is 5.78 Å². The van der Waals surface area contributed by atoms with E-state index in [9.17, 15) is 9.81 Å². The molecular formula is C20H21N5O2+2. The maximum absolute atomic E-state index is 13.3. The molecule has 0 bridgehead atoms. The van der Waals surface area contributed by atoms with Gasteiger partial charge in [0.25, 0.3) is 11.1 Å². The summed E-state index contributed by atoms with van der Waals surface area (Å²) in [6.45, 7) is 7.26. The first-order valence-electron chi connectivity index (χ1n) is 9.06. The van der Waals surface area contributed by atoms with E-state index in [1.54, 1.807) is 4.57 Å². The minimum atomic E-state index is -1.02. The Bertz CT molecular complexity index is 1250. The lowest BCUT2D eigenvalue weighted by Gasteiger charge is -2.14. The summed E-state index contributed by atoms with van der Waals surface area (Å²) in [6, 6.07) is 15.6. The molecule has 0 amide bonds. The Hall–Kier alpha value is -3.09. The molecule has 1 aliphatic heterocycles. The Morgan fingerprint density at radius 1 is 0.815 bits per heavy atom. The van der Waals surface area contributed by atoms with Crippen molar-refractivity contribution >= 4 is 27.8 Å². The molecule has 4 aromatic rings. The molecule has 1 aliphatic rings. The standard InChI is InChI=1S/C20H21N5O2/c1-19(2)20(3,4)25(27)18(24(19)26)23-16-12-8-7-11-15(16)22-14-10-6-5-9-13(14)21-17(22)23/h5-12,18H,1-4H3/q+2. The lowest BCUT2D eigenvalue weighted by atomic mass is 9.84. The molecule has 7 nitrogen and oxygen atoms in total. The first-order chi connectivity index (χ1) is 12.8. The van der Waals surface area contributed by atoms with Crippen LogP contribution in [0.2, 0.25) is 0 Å². The average molecular weight is 363 g/mol. The number of para-hydroxylation sites is 4. The molecule has 0 radical (unpaired) electrons. The van der Waals surface area contributed by atoms with Crippen molar-refractivity contribution in [1.82, 2.24) is 14.0 Å². The predicted molar refractivity (Wildman–Crippen MR) is 103 cm³/mol. The fourth-order valence-electron chi connectivity index (χ4n) is 4.03. The van der Waals surface area contributed by atoms with Crippen molar-refractivity contribution in [2.75, 3.05) is 0 Å². The van der Waals surface area contributed by atoms with Crippen LogP contribution in [-0.2, 0) is 0 Å². The molecule has 1 saturated heterocycles. The van der Waals surface area contributed by atoms with E-state index in [0.717, 1.165) is 31.6 Å². The van der Waals surface area contributed by atoms with Gasteiger partial charge >= 0.3 is 6.29 Å². The molecule has 0 saturated carbocycles. The summed E-state index contributed by atoms with van der Waals surface area (Å²) in [6.07, 6.45) is -1.02. The summed E-state index contributed by atoms with van der Waals surface area (Å²) >= 11 is 0. The van der Waals surface area contributed by atoms with Crippen molar-refractivity contribution in [2.24, 2.45) is 0 Å². The zero-order valence-electron chi connectivity index (χ0n) is 15.7. The van der Waals surface area contributed by atoms with E-state index >= 15 is 0 Å². The molecule has 0 unspecified atom stereocenters. The minimum Gasteiger partial charge on any atom is -0.276 e. The number of fused-ring (bicyclic) bond motifs is 5. The van der Waals surface area contributed by atoms with Crippen molar-refractivity contribution < 1.29 is 9.52 Å². The summed E-state index contributed by atoms with van der Waals surface area (Å²) in [5.74, 6) is 0.595. The third-order valence-corrected chi connectivity index (χ3v) is 6.39. The molecule has 3 heterocycles. The zero-order chi connectivity index (χ0) is 19.1. The van der Waals surface area contributed by atoms with E-state index in [1.165, 1.54) is 0 Å². The highest BCUT2D eigenvalue weighted by Gasteiger charge is 2.76. The Kier molecular flexibility index (Phi) is 2.86. The van der Waals surface area contributed by atoms with Gasteiger partial charge in [-0.2, -0.15) is 4.57 Å².